The first-order valence-corrected chi connectivity index (χ1v) is 11.8. The lowest BCUT2D eigenvalue weighted by Gasteiger charge is -2.24. The van der Waals surface area contributed by atoms with Gasteiger partial charge in [-0.2, -0.15) is 0 Å². The quantitative estimate of drug-likeness (QED) is 0.260. The normalized spacial score (nSPS) is 14.6. The molecule has 4 aromatic rings. The highest BCUT2D eigenvalue weighted by atomic mass is 32.1. The number of carboxylic acid groups (broad SMARTS) is 1. The van der Waals surface area contributed by atoms with Crippen molar-refractivity contribution in [2.24, 2.45) is 0 Å². The van der Waals surface area contributed by atoms with Crippen molar-refractivity contribution in [1.82, 2.24) is 4.98 Å². The van der Waals surface area contributed by atoms with E-state index in [0.29, 0.717) is 16.4 Å². The van der Waals surface area contributed by atoms with Crippen LogP contribution in [0.15, 0.2) is 66.7 Å². The number of hydrogen-bond acceptors (Lipinski definition) is 7. The fourth-order valence-corrected chi connectivity index (χ4v) is 5.22. The van der Waals surface area contributed by atoms with Gasteiger partial charge in [0, 0.05) is 18.1 Å². The molecular formula is C26H22N4O4S. The minimum Gasteiger partial charge on any atom is -0.480 e. The van der Waals surface area contributed by atoms with Gasteiger partial charge >= 0.3 is 5.97 Å². The topological polar surface area (TPSA) is 109 Å². The van der Waals surface area contributed by atoms with Gasteiger partial charge < -0.3 is 5.11 Å². The molecule has 1 aliphatic rings. The Morgan fingerprint density at radius 2 is 1.69 bits per heavy atom. The van der Waals surface area contributed by atoms with Gasteiger partial charge in [0.2, 0.25) is 5.13 Å². The van der Waals surface area contributed by atoms with Crippen LogP contribution in [0.3, 0.4) is 0 Å². The number of nitro benzene ring substituents is 1. The summed E-state index contributed by atoms with van der Waals surface area (Å²) < 4.78 is 0. The summed E-state index contributed by atoms with van der Waals surface area (Å²) in [5.41, 5.74) is 8.95. The van der Waals surface area contributed by atoms with Crippen LogP contribution in [-0.2, 0) is 11.2 Å². The molecule has 9 heteroatoms. The van der Waals surface area contributed by atoms with Crippen LogP contribution in [-0.4, -0.2) is 27.0 Å². The van der Waals surface area contributed by atoms with E-state index in [4.69, 9.17) is 4.98 Å². The van der Waals surface area contributed by atoms with Gasteiger partial charge in [0.1, 0.15) is 0 Å². The Bertz CT molecular complexity index is 1370. The number of anilines is 2. The van der Waals surface area contributed by atoms with Crippen molar-refractivity contribution < 1.29 is 14.8 Å². The lowest BCUT2D eigenvalue weighted by Crippen LogP contribution is -2.42. The minimum absolute atomic E-state index is 0.0236. The molecule has 0 bridgehead atoms. The van der Waals surface area contributed by atoms with Crippen LogP contribution in [0.25, 0.3) is 21.7 Å². The van der Waals surface area contributed by atoms with Crippen LogP contribution in [0, 0.1) is 24.0 Å². The van der Waals surface area contributed by atoms with Crippen LogP contribution in [0.1, 0.15) is 16.7 Å². The maximum atomic E-state index is 12.1. The Morgan fingerprint density at radius 1 is 1.06 bits per heavy atom. The second-order valence-corrected chi connectivity index (χ2v) is 9.50. The number of nitrogens with one attached hydrogen (secondary N) is 1. The third-order valence-electron chi connectivity index (χ3n) is 6.06. The van der Waals surface area contributed by atoms with Crippen molar-refractivity contribution in [3.63, 3.8) is 0 Å². The number of hydrogen-bond donors (Lipinski definition) is 2. The van der Waals surface area contributed by atoms with Gasteiger partial charge in [-0.15, -0.1) is 0 Å². The third kappa shape index (κ3) is 4.22. The highest BCUT2D eigenvalue weighted by molar-refractivity contribution is 7.19. The number of aryl methyl sites for hydroxylation is 2. The lowest BCUT2D eigenvalue weighted by atomic mass is 10.0. The van der Waals surface area contributed by atoms with Crippen molar-refractivity contribution in [2.75, 3.05) is 10.4 Å². The van der Waals surface area contributed by atoms with Crippen molar-refractivity contribution in [3.05, 3.63) is 93.5 Å². The van der Waals surface area contributed by atoms with Gasteiger partial charge in [-0.05, 0) is 25.5 Å². The molecule has 2 N–H and O–H groups in total. The predicted octanol–water partition coefficient (Wildman–Crippen LogP) is 5.84. The van der Waals surface area contributed by atoms with E-state index in [1.165, 1.54) is 22.4 Å². The summed E-state index contributed by atoms with van der Waals surface area (Å²) in [7, 11) is 0. The number of rotatable bonds is 6. The van der Waals surface area contributed by atoms with E-state index in [-0.39, 0.29) is 12.1 Å². The summed E-state index contributed by atoms with van der Waals surface area (Å²) >= 11 is 1.41. The largest absolute Gasteiger partial charge is 0.480 e. The SMILES string of the molecule is Cc1ccc(-c2nc(NN3c4cccc([N+](=O)[O-])c4CC3C(=O)O)sc2-c2ccc(C)cc2)cc1. The van der Waals surface area contributed by atoms with E-state index in [2.05, 4.69) is 5.43 Å². The Hall–Kier alpha value is -4.24. The maximum Gasteiger partial charge on any atom is 0.328 e. The molecule has 3 aromatic carbocycles. The molecule has 1 unspecified atom stereocenters. The number of nitrogens with zero attached hydrogens (tertiary/aromatic N) is 3. The second-order valence-electron chi connectivity index (χ2n) is 8.50. The Balaban J connectivity index is 1.59. The molecule has 8 nitrogen and oxygen atoms in total. The molecular weight excluding hydrogens is 464 g/mol. The van der Waals surface area contributed by atoms with Crippen LogP contribution in [0.2, 0.25) is 0 Å². The zero-order valence-corrected chi connectivity index (χ0v) is 19.9. The number of aromatic nitrogens is 1. The molecule has 0 radical (unpaired) electrons. The van der Waals surface area contributed by atoms with Crippen LogP contribution in [0.4, 0.5) is 16.5 Å². The van der Waals surface area contributed by atoms with Gasteiger partial charge in [-0.1, -0.05) is 77.1 Å². The summed E-state index contributed by atoms with van der Waals surface area (Å²) in [5.74, 6) is -1.07. The summed E-state index contributed by atoms with van der Waals surface area (Å²) in [6.07, 6.45) is 0.0236. The molecule has 0 aliphatic carbocycles. The third-order valence-corrected chi connectivity index (χ3v) is 7.07. The summed E-state index contributed by atoms with van der Waals surface area (Å²) in [6.45, 7) is 4.05. The number of thiazole rings is 1. The van der Waals surface area contributed by atoms with Crippen LogP contribution in [0.5, 0.6) is 0 Å². The van der Waals surface area contributed by atoms with Crippen molar-refractivity contribution >= 4 is 33.8 Å². The summed E-state index contributed by atoms with van der Waals surface area (Å²) in [4.78, 5) is 28.9. The first-order chi connectivity index (χ1) is 16.8. The number of fused-ring (bicyclic) bond motifs is 1. The maximum absolute atomic E-state index is 12.1. The molecule has 5 rings (SSSR count). The number of aliphatic carboxylic acids is 1. The molecule has 0 fully saturated rings. The fourth-order valence-electron chi connectivity index (χ4n) is 4.24. The highest BCUT2D eigenvalue weighted by Crippen LogP contribution is 2.42. The van der Waals surface area contributed by atoms with Crippen LogP contribution < -0.4 is 10.4 Å². The summed E-state index contributed by atoms with van der Waals surface area (Å²) in [6, 6.07) is 19.9. The highest BCUT2D eigenvalue weighted by Gasteiger charge is 2.39. The number of carboxylic acids is 1. The smallest absolute Gasteiger partial charge is 0.328 e. The Kier molecular flexibility index (Phi) is 5.70. The number of benzene rings is 3. The van der Waals surface area contributed by atoms with E-state index in [0.717, 1.165) is 32.8 Å². The van der Waals surface area contributed by atoms with E-state index >= 15 is 0 Å². The molecule has 1 aliphatic heterocycles. The van der Waals surface area contributed by atoms with Gasteiger partial charge in [0.05, 0.1) is 26.7 Å². The fraction of sp³-hybridized carbons (Fsp3) is 0.154. The first-order valence-electron chi connectivity index (χ1n) is 11.0. The average molecular weight is 487 g/mol. The van der Waals surface area contributed by atoms with E-state index in [1.807, 2.05) is 62.4 Å². The molecule has 0 amide bonds. The Labute approximate surface area is 205 Å². The van der Waals surface area contributed by atoms with E-state index in [9.17, 15) is 20.0 Å². The molecule has 1 aromatic heterocycles. The predicted molar refractivity (Wildman–Crippen MR) is 137 cm³/mol. The average Bonchev–Trinajstić information content (AvgIpc) is 3.42. The number of hydrazine groups is 1. The number of nitro groups is 1. The summed E-state index contributed by atoms with van der Waals surface area (Å²) in [5, 5.41) is 23.4. The number of carbonyl (C=O) groups is 1. The second kappa shape index (κ2) is 8.84. The van der Waals surface area contributed by atoms with Crippen molar-refractivity contribution in [1.29, 1.82) is 0 Å². The van der Waals surface area contributed by atoms with Crippen molar-refractivity contribution in [3.8, 4) is 21.7 Å². The molecule has 0 spiro atoms. The molecule has 1 atom stereocenters. The molecule has 35 heavy (non-hydrogen) atoms. The lowest BCUT2D eigenvalue weighted by molar-refractivity contribution is -0.385. The minimum atomic E-state index is -1.07. The van der Waals surface area contributed by atoms with Gasteiger partial charge in [0.15, 0.2) is 6.04 Å². The van der Waals surface area contributed by atoms with E-state index in [1.54, 1.807) is 12.1 Å². The van der Waals surface area contributed by atoms with Crippen LogP contribution >= 0.6 is 11.3 Å². The Morgan fingerprint density at radius 3 is 2.29 bits per heavy atom. The van der Waals surface area contributed by atoms with Gasteiger partial charge in [0.25, 0.3) is 5.69 Å². The van der Waals surface area contributed by atoms with Gasteiger partial charge in [-0.3, -0.25) is 20.5 Å². The zero-order chi connectivity index (χ0) is 24.7. The monoisotopic (exact) mass is 486 g/mol. The first kappa shape index (κ1) is 22.5. The standard InChI is InChI=1S/C26H22N4O4S/c1-15-6-10-17(11-7-15)23-24(18-12-8-16(2)9-13-18)35-26(27-23)28-29-20-4-3-5-21(30(33)34)19(20)14-22(29)25(31)32/h3-13,22H,14H2,1-2H3,(H,27,28)(H,31,32). The molecule has 0 saturated heterocycles. The molecule has 0 saturated carbocycles. The van der Waals surface area contributed by atoms with E-state index < -0.39 is 16.9 Å². The van der Waals surface area contributed by atoms with Crippen molar-refractivity contribution in [2.45, 2.75) is 26.3 Å². The molecule has 176 valence electrons. The van der Waals surface area contributed by atoms with Gasteiger partial charge in [-0.25, -0.2) is 9.78 Å². The molecule has 2 heterocycles. The zero-order valence-electron chi connectivity index (χ0n) is 19.1.